The van der Waals surface area contributed by atoms with Crippen LogP contribution < -0.4 is 10.1 Å². The second-order valence-corrected chi connectivity index (χ2v) is 6.55. The van der Waals surface area contributed by atoms with Crippen molar-refractivity contribution in [1.82, 2.24) is 15.1 Å². The van der Waals surface area contributed by atoms with Crippen molar-refractivity contribution < 1.29 is 18.4 Å². The molecule has 0 radical (unpaired) electrons. The van der Waals surface area contributed by atoms with Crippen LogP contribution >= 0.6 is 11.3 Å². The Kier molecular flexibility index (Phi) is 4.81. The lowest BCUT2D eigenvalue weighted by atomic mass is 10.2. The van der Waals surface area contributed by atoms with E-state index in [0.29, 0.717) is 33.4 Å². The molecule has 0 saturated carbocycles. The molecule has 0 bridgehead atoms. The van der Waals surface area contributed by atoms with Gasteiger partial charge in [-0.05, 0) is 41.8 Å². The number of aromatic nitrogens is 3. The number of rotatable bonds is 5. The first-order chi connectivity index (χ1) is 13.6. The maximum absolute atomic E-state index is 13.1. The molecule has 1 amide bonds. The zero-order valence-corrected chi connectivity index (χ0v) is 15.4. The van der Waals surface area contributed by atoms with Gasteiger partial charge < -0.3 is 14.6 Å². The number of amides is 1. The molecule has 0 fully saturated rings. The standard InChI is InChI=1S/C19H13FN4O3S/c1-26-15-7-4-12(10-21-15)18(25)22-14-8-9-28-16(14)19-23-17(24-27-19)11-2-5-13(20)6-3-11/h2-10H,1H3,(H,22,25). The summed E-state index contributed by atoms with van der Waals surface area (Å²) in [4.78, 5) is 21.5. The lowest BCUT2D eigenvalue weighted by Crippen LogP contribution is -2.12. The molecule has 4 rings (SSSR count). The molecule has 28 heavy (non-hydrogen) atoms. The van der Waals surface area contributed by atoms with E-state index in [1.165, 1.54) is 36.8 Å². The zero-order chi connectivity index (χ0) is 19.5. The highest BCUT2D eigenvalue weighted by molar-refractivity contribution is 7.14. The van der Waals surface area contributed by atoms with Crippen molar-refractivity contribution in [2.45, 2.75) is 0 Å². The monoisotopic (exact) mass is 396 g/mol. The van der Waals surface area contributed by atoms with E-state index < -0.39 is 0 Å². The Labute approximate surface area is 162 Å². The predicted molar refractivity (Wildman–Crippen MR) is 102 cm³/mol. The third-order valence-corrected chi connectivity index (χ3v) is 4.75. The van der Waals surface area contributed by atoms with Crippen molar-refractivity contribution in [1.29, 1.82) is 0 Å². The largest absolute Gasteiger partial charge is 0.481 e. The first-order valence-electron chi connectivity index (χ1n) is 8.13. The molecule has 140 valence electrons. The van der Waals surface area contributed by atoms with Crippen LogP contribution in [0.1, 0.15) is 10.4 Å². The van der Waals surface area contributed by atoms with Crippen LogP contribution in [0.2, 0.25) is 0 Å². The number of benzene rings is 1. The molecule has 1 aromatic carbocycles. The molecule has 0 unspecified atom stereocenters. The number of hydrogen-bond acceptors (Lipinski definition) is 7. The summed E-state index contributed by atoms with van der Waals surface area (Å²) in [5, 5.41) is 8.55. The van der Waals surface area contributed by atoms with Gasteiger partial charge in [-0.25, -0.2) is 9.37 Å². The van der Waals surface area contributed by atoms with Crippen molar-refractivity contribution >= 4 is 22.9 Å². The minimum atomic E-state index is -0.344. The summed E-state index contributed by atoms with van der Waals surface area (Å²) in [5.74, 6) is 0.348. The van der Waals surface area contributed by atoms with Gasteiger partial charge in [0, 0.05) is 17.8 Å². The normalized spacial score (nSPS) is 10.6. The number of ether oxygens (including phenoxy) is 1. The minimum Gasteiger partial charge on any atom is -0.481 e. The van der Waals surface area contributed by atoms with Gasteiger partial charge in [-0.2, -0.15) is 4.98 Å². The summed E-state index contributed by atoms with van der Waals surface area (Å²) in [5.41, 5.74) is 1.55. The van der Waals surface area contributed by atoms with E-state index in [2.05, 4.69) is 20.4 Å². The summed E-state index contributed by atoms with van der Waals surface area (Å²) in [6, 6.07) is 10.8. The van der Waals surface area contributed by atoms with Crippen LogP contribution in [-0.2, 0) is 0 Å². The molecule has 0 spiro atoms. The van der Waals surface area contributed by atoms with Crippen LogP contribution in [0, 0.1) is 5.82 Å². The van der Waals surface area contributed by atoms with E-state index in [1.807, 2.05) is 0 Å². The molecular weight excluding hydrogens is 383 g/mol. The Hall–Kier alpha value is -3.59. The van der Waals surface area contributed by atoms with E-state index >= 15 is 0 Å². The van der Waals surface area contributed by atoms with E-state index in [4.69, 9.17) is 9.26 Å². The van der Waals surface area contributed by atoms with Crippen molar-refractivity contribution in [2.24, 2.45) is 0 Å². The fourth-order valence-corrected chi connectivity index (χ4v) is 3.21. The number of thiophene rings is 1. The lowest BCUT2D eigenvalue weighted by Gasteiger charge is -2.05. The van der Waals surface area contributed by atoms with Gasteiger partial charge in [-0.3, -0.25) is 4.79 Å². The smallest absolute Gasteiger partial charge is 0.270 e. The van der Waals surface area contributed by atoms with Crippen LogP contribution in [0.3, 0.4) is 0 Å². The molecule has 0 aliphatic carbocycles. The second kappa shape index (κ2) is 7.57. The van der Waals surface area contributed by atoms with E-state index in [9.17, 15) is 9.18 Å². The van der Waals surface area contributed by atoms with Gasteiger partial charge in [0.1, 0.15) is 10.7 Å². The summed E-state index contributed by atoms with van der Waals surface area (Å²) >= 11 is 1.35. The van der Waals surface area contributed by atoms with E-state index in [0.717, 1.165) is 0 Å². The van der Waals surface area contributed by atoms with Crippen molar-refractivity contribution in [3.63, 3.8) is 0 Å². The SMILES string of the molecule is COc1ccc(C(=O)Nc2ccsc2-c2nc(-c3ccc(F)cc3)no2)cn1. The molecule has 1 N–H and O–H groups in total. The Morgan fingerprint density at radius 1 is 1.18 bits per heavy atom. The molecule has 0 aliphatic rings. The van der Waals surface area contributed by atoms with Crippen LogP contribution in [0.5, 0.6) is 5.88 Å². The predicted octanol–water partition coefficient (Wildman–Crippen LogP) is 4.26. The molecule has 9 heteroatoms. The average Bonchev–Trinajstić information content (AvgIpc) is 3.38. The first-order valence-corrected chi connectivity index (χ1v) is 9.01. The first kappa shape index (κ1) is 17.8. The number of methoxy groups -OCH3 is 1. The van der Waals surface area contributed by atoms with Gasteiger partial charge in [-0.15, -0.1) is 11.3 Å². The van der Waals surface area contributed by atoms with Crippen LogP contribution in [0.4, 0.5) is 10.1 Å². The Morgan fingerprint density at radius 3 is 2.71 bits per heavy atom. The number of nitrogens with zero attached hydrogens (tertiary/aromatic N) is 3. The van der Waals surface area contributed by atoms with E-state index in [1.54, 1.807) is 35.7 Å². The number of anilines is 1. The number of hydrogen-bond donors (Lipinski definition) is 1. The Balaban J connectivity index is 1.55. The summed E-state index contributed by atoms with van der Waals surface area (Å²) < 4.78 is 23.4. The highest BCUT2D eigenvalue weighted by Crippen LogP contribution is 2.34. The fourth-order valence-electron chi connectivity index (χ4n) is 2.44. The van der Waals surface area contributed by atoms with Crippen molar-refractivity contribution in [2.75, 3.05) is 12.4 Å². The summed E-state index contributed by atoms with van der Waals surface area (Å²) in [7, 11) is 1.50. The number of carbonyl (C=O) groups is 1. The molecular formula is C19H13FN4O3S. The maximum Gasteiger partial charge on any atom is 0.270 e. The van der Waals surface area contributed by atoms with Crippen LogP contribution in [0.25, 0.3) is 22.2 Å². The van der Waals surface area contributed by atoms with Gasteiger partial charge in [0.05, 0.1) is 18.4 Å². The highest BCUT2D eigenvalue weighted by Gasteiger charge is 2.18. The van der Waals surface area contributed by atoms with E-state index in [-0.39, 0.29) is 17.6 Å². The lowest BCUT2D eigenvalue weighted by molar-refractivity contribution is 0.102. The molecule has 4 aromatic rings. The van der Waals surface area contributed by atoms with Gasteiger partial charge in [0.2, 0.25) is 11.7 Å². The van der Waals surface area contributed by atoms with Crippen molar-refractivity contribution in [3.05, 3.63) is 65.4 Å². The Morgan fingerprint density at radius 2 is 2.00 bits per heavy atom. The number of halogens is 1. The van der Waals surface area contributed by atoms with Crippen LogP contribution in [0.15, 0.2) is 58.6 Å². The number of nitrogens with one attached hydrogen (secondary N) is 1. The minimum absolute atomic E-state index is 0.262. The third-order valence-electron chi connectivity index (χ3n) is 3.84. The molecule has 7 nitrogen and oxygen atoms in total. The third kappa shape index (κ3) is 3.60. The zero-order valence-electron chi connectivity index (χ0n) is 14.5. The second-order valence-electron chi connectivity index (χ2n) is 5.64. The molecule has 0 saturated heterocycles. The fraction of sp³-hybridized carbons (Fsp3) is 0.0526. The maximum atomic E-state index is 13.1. The summed E-state index contributed by atoms with van der Waals surface area (Å²) in [6.45, 7) is 0. The number of carbonyl (C=O) groups excluding carboxylic acids is 1. The molecule has 0 atom stereocenters. The van der Waals surface area contributed by atoms with Gasteiger partial charge in [0.25, 0.3) is 11.8 Å². The topological polar surface area (TPSA) is 90.1 Å². The molecule has 3 heterocycles. The quantitative estimate of drug-likeness (QED) is 0.542. The van der Waals surface area contributed by atoms with Gasteiger partial charge in [-0.1, -0.05) is 5.16 Å². The van der Waals surface area contributed by atoms with Gasteiger partial charge >= 0.3 is 0 Å². The molecule has 0 aliphatic heterocycles. The highest BCUT2D eigenvalue weighted by atomic mass is 32.1. The number of pyridine rings is 1. The molecule has 3 aromatic heterocycles. The van der Waals surface area contributed by atoms with Crippen LogP contribution in [-0.4, -0.2) is 28.1 Å². The Bertz CT molecular complexity index is 1110. The van der Waals surface area contributed by atoms with Gasteiger partial charge in [0.15, 0.2) is 0 Å². The summed E-state index contributed by atoms with van der Waals surface area (Å²) in [6.07, 6.45) is 1.43. The average molecular weight is 396 g/mol. The van der Waals surface area contributed by atoms with Crippen molar-refractivity contribution in [3.8, 4) is 28.0 Å².